The van der Waals surface area contributed by atoms with E-state index in [1.165, 1.54) is 6.33 Å². The molecule has 1 aliphatic heterocycles. The van der Waals surface area contributed by atoms with Crippen LogP contribution in [0.4, 0.5) is 11.5 Å². The van der Waals surface area contributed by atoms with Crippen LogP contribution >= 0.6 is 11.8 Å². The maximum atomic E-state index is 4.11. The molecule has 3 rings (SSSR count). The first-order valence-electron chi connectivity index (χ1n) is 4.15. The zero-order valence-corrected chi connectivity index (χ0v) is 7.95. The van der Waals surface area contributed by atoms with Crippen LogP contribution in [0.3, 0.4) is 0 Å². The highest BCUT2D eigenvalue weighted by atomic mass is 32.2. The van der Waals surface area contributed by atoms with Crippen molar-refractivity contribution in [1.29, 1.82) is 0 Å². The smallest absolute Gasteiger partial charge is 0.167 e. The summed E-state index contributed by atoms with van der Waals surface area (Å²) in [5.74, 6) is 0.781. The molecular weight excluding hydrogens is 196 g/mol. The van der Waals surface area contributed by atoms with E-state index in [4.69, 9.17) is 0 Å². The number of hydrogen-bond acceptors (Lipinski definition) is 5. The summed E-state index contributed by atoms with van der Waals surface area (Å²) in [6.07, 6.45) is 1.44. The number of fused-ring (bicyclic) bond motifs is 2. The van der Waals surface area contributed by atoms with Gasteiger partial charge in [0.15, 0.2) is 10.8 Å². The SMILES string of the molecule is c1ccc2c(c1)Nc1ncnnc1S2. The zero-order valence-electron chi connectivity index (χ0n) is 7.14. The van der Waals surface area contributed by atoms with Crippen LogP contribution in [0.15, 0.2) is 40.5 Å². The van der Waals surface area contributed by atoms with Crippen molar-refractivity contribution in [3.05, 3.63) is 30.6 Å². The van der Waals surface area contributed by atoms with Gasteiger partial charge in [0, 0.05) is 4.90 Å². The van der Waals surface area contributed by atoms with E-state index >= 15 is 0 Å². The minimum atomic E-state index is 0.781. The predicted octanol–water partition coefficient (Wildman–Crippen LogP) is 2.08. The van der Waals surface area contributed by atoms with E-state index < -0.39 is 0 Å². The molecule has 1 aromatic heterocycles. The Labute approximate surface area is 84.8 Å². The van der Waals surface area contributed by atoms with Crippen molar-refractivity contribution < 1.29 is 0 Å². The third-order valence-electron chi connectivity index (χ3n) is 1.94. The first-order chi connectivity index (χ1) is 6.93. The van der Waals surface area contributed by atoms with Crippen LogP contribution in [0.2, 0.25) is 0 Å². The molecule has 0 unspecified atom stereocenters. The molecule has 1 aliphatic rings. The fourth-order valence-electron chi connectivity index (χ4n) is 1.31. The second kappa shape index (κ2) is 2.95. The van der Waals surface area contributed by atoms with Gasteiger partial charge in [0.2, 0.25) is 0 Å². The number of hydrogen-bond donors (Lipinski definition) is 1. The van der Waals surface area contributed by atoms with Crippen LogP contribution in [0.1, 0.15) is 0 Å². The van der Waals surface area contributed by atoms with Crippen LogP contribution in [0.5, 0.6) is 0 Å². The second-order valence-electron chi connectivity index (χ2n) is 2.84. The van der Waals surface area contributed by atoms with Crippen molar-refractivity contribution in [2.45, 2.75) is 9.92 Å². The van der Waals surface area contributed by atoms with Crippen molar-refractivity contribution >= 4 is 23.3 Å². The standard InChI is InChI=1S/C9H6N4S/c1-2-4-7-6(3-1)12-8-9(14-7)13-11-5-10-8/h1-5H,(H,10,11,12). The van der Waals surface area contributed by atoms with Gasteiger partial charge in [-0.3, -0.25) is 0 Å². The molecule has 4 nitrogen and oxygen atoms in total. The Hall–Kier alpha value is -1.62. The molecule has 0 radical (unpaired) electrons. The van der Waals surface area contributed by atoms with E-state index in [1.54, 1.807) is 11.8 Å². The first-order valence-corrected chi connectivity index (χ1v) is 4.97. The minimum absolute atomic E-state index is 0.781. The number of anilines is 2. The van der Waals surface area contributed by atoms with E-state index in [9.17, 15) is 0 Å². The van der Waals surface area contributed by atoms with Crippen LogP contribution in [-0.2, 0) is 0 Å². The highest BCUT2D eigenvalue weighted by Crippen LogP contribution is 2.40. The van der Waals surface area contributed by atoms with Crippen LogP contribution < -0.4 is 5.32 Å². The molecule has 0 bridgehead atoms. The highest BCUT2D eigenvalue weighted by molar-refractivity contribution is 7.99. The van der Waals surface area contributed by atoms with E-state index in [2.05, 4.69) is 20.5 Å². The van der Waals surface area contributed by atoms with Crippen molar-refractivity contribution in [3.8, 4) is 0 Å². The fraction of sp³-hybridized carbons (Fsp3) is 0. The van der Waals surface area contributed by atoms with Crippen molar-refractivity contribution in [1.82, 2.24) is 15.2 Å². The molecule has 0 saturated carbocycles. The van der Waals surface area contributed by atoms with Gasteiger partial charge in [-0.1, -0.05) is 23.9 Å². The van der Waals surface area contributed by atoms with Crippen molar-refractivity contribution in [3.63, 3.8) is 0 Å². The predicted molar refractivity (Wildman–Crippen MR) is 53.7 cm³/mol. The average molecular weight is 202 g/mol. The molecule has 68 valence electrons. The summed E-state index contributed by atoms with van der Waals surface area (Å²) in [5.41, 5.74) is 1.07. The van der Waals surface area contributed by atoms with Gasteiger partial charge in [0.1, 0.15) is 6.33 Å². The monoisotopic (exact) mass is 202 g/mol. The van der Waals surface area contributed by atoms with Gasteiger partial charge < -0.3 is 5.32 Å². The van der Waals surface area contributed by atoms with E-state index in [0.717, 1.165) is 21.4 Å². The molecule has 1 N–H and O–H groups in total. The van der Waals surface area contributed by atoms with Crippen molar-refractivity contribution in [2.75, 3.05) is 5.32 Å². The highest BCUT2D eigenvalue weighted by Gasteiger charge is 2.16. The summed E-state index contributed by atoms with van der Waals surface area (Å²) in [6.45, 7) is 0. The van der Waals surface area contributed by atoms with E-state index in [0.29, 0.717) is 0 Å². The van der Waals surface area contributed by atoms with E-state index in [-0.39, 0.29) is 0 Å². The third-order valence-corrected chi connectivity index (χ3v) is 2.98. The molecule has 0 saturated heterocycles. The summed E-state index contributed by atoms with van der Waals surface area (Å²) in [6, 6.07) is 8.06. The van der Waals surface area contributed by atoms with Crippen LogP contribution in [0, 0.1) is 0 Å². The summed E-state index contributed by atoms with van der Waals surface area (Å²) in [5, 5.41) is 11.8. The van der Waals surface area contributed by atoms with Gasteiger partial charge in [0.25, 0.3) is 0 Å². The first kappa shape index (κ1) is 7.75. The average Bonchev–Trinajstić information content (AvgIpc) is 2.26. The molecule has 0 spiro atoms. The molecule has 14 heavy (non-hydrogen) atoms. The van der Waals surface area contributed by atoms with Gasteiger partial charge in [0.05, 0.1) is 5.69 Å². The molecule has 0 aliphatic carbocycles. The molecule has 0 atom stereocenters. The third kappa shape index (κ3) is 1.13. The molecule has 0 fully saturated rings. The molecule has 2 aromatic rings. The molecule has 0 amide bonds. The normalized spacial score (nSPS) is 12.6. The molecular formula is C9H6N4S. The Balaban J connectivity index is 2.12. The lowest BCUT2D eigenvalue weighted by Gasteiger charge is -2.17. The largest absolute Gasteiger partial charge is 0.337 e. The topological polar surface area (TPSA) is 50.7 Å². The number of nitrogens with zero attached hydrogens (tertiary/aromatic N) is 3. The number of para-hydroxylation sites is 1. The Kier molecular flexibility index (Phi) is 1.63. The van der Waals surface area contributed by atoms with Gasteiger partial charge in [-0.15, -0.1) is 10.2 Å². The Bertz CT molecular complexity index is 398. The van der Waals surface area contributed by atoms with Crippen LogP contribution in [0.25, 0.3) is 0 Å². The number of rotatable bonds is 0. The summed E-state index contributed by atoms with van der Waals surface area (Å²) in [4.78, 5) is 5.27. The number of nitrogens with one attached hydrogen (secondary N) is 1. The lowest BCUT2D eigenvalue weighted by Crippen LogP contribution is -2.04. The minimum Gasteiger partial charge on any atom is -0.337 e. The Morgan fingerprint density at radius 1 is 1.21 bits per heavy atom. The van der Waals surface area contributed by atoms with Crippen molar-refractivity contribution in [2.24, 2.45) is 0 Å². The lowest BCUT2D eigenvalue weighted by atomic mass is 10.3. The van der Waals surface area contributed by atoms with E-state index in [1.807, 2.05) is 24.3 Å². The second-order valence-corrected chi connectivity index (χ2v) is 3.87. The van der Waals surface area contributed by atoms with Gasteiger partial charge in [-0.2, -0.15) is 0 Å². The summed E-state index contributed by atoms with van der Waals surface area (Å²) >= 11 is 1.58. The quantitative estimate of drug-likeness (QED) is 0.604. The lowest BCUT2D eigenvalue weighted by molar-refractivity contribution is 0.879. The summed E-state index contributed by atoms with van der Waals surface area (Å²) < 4.78 is 0. The Morgan fingerprint density at radius 3 is 3.14 bits per heavy atom. The van der Waals surface area contributed by atoms with Gasteiger partial charge in [-0.05, 0) is 12.1 Å². The molecule has 1 aromatic carbocycles. The maximum absolute atomic E-state index is 4.11. The zero-order chi connectivity index (χ0) is 9.38. The molecule has 5 heteroatoms. The van der Waals surface area contributed by atoms with Crippen LogP contribution in [-0.4, -0.2) is 15.2 Å². The maximum Gasteiger partial charge on any atom is 0.167 e. The van der Waals surface area contributed by atoms with Gasteiger partial charge in [-0.25, -0.2) is 4.98 Å². The number of benzene rings is 1. The van der Waals surface area contributed by atoms with Gasteiger partial charge >= 0.3 is 0 Å². The molecule has 2 heterocycles. The fourth-order valence-corrected chi connectivity index (χ4v) is 2.18. The Morgan fingerprint density at radius 2 is 2.14 bits per heavy atom. The summed E-state index contributed by atoms with van der Waals surface area (Å²) in [7, 11) is 0. The number of aromatic nitrogens is 3.